The van der Waals surface area contributed by atoms with Crippen LogP contribution in [-0.4, -0.2) is 49.9 Å². The topological polar surface area (TPSA) is 83.8 Å². The van der Waals surface area contributed by atoms with Crippen molar-refractivity contribution < 1.29 is 23.7 Å². The third-order valence-electron chi connectivity index (χ3n) is 5.45. The van der Waals surface area contributed by atoms with E-state index in [9.17, 15) is 4.79 Å². The molecule has 0 fully saturated rings. The van der Waals surface area contributed by atoms with Crippen LogP contribution < -0.4 is 24.3 Å². The number of benzene rings is 3. The van der Waals surface area contributed by atoms with Gasteiger partial charge in [0.25, 0.3) is 5.91 Å². The predicted octanol–water partition coefficient (Wildman–Crippen LogP) is 4.37. The molecule has 0 aliphatic rings. The summed E-state index contributed by atoms with van der Waals surface area (Å²) in [4.78, 5) is 16.9. The Morgan fingerprint density at radius 1 is 0.857 bits per heavy atom. The first kappa shape index (κ1) is 23.7. The molecule has 180 valence electrons. The molecular formula is C27H27N3O5. The Morgan fingerprint density at radius 3 is 2.14 bits per heavy atom. The highest BCUT2D eigenvalue weighted by Gasteiger charge is 2.15. The SMILES string of the molecule is COc1ccc(OCCNC(=O)c2cncn2-c2ccc(-c3c(OC)cccc3OC)cc2)cc1. The summed E-state index contributed by atoms with van der Waals surface area (Å²) in [5, 5.41) is 2.87. The van der Waals surface area contributed by atoms with Crippen LogP contribution in [0.5, 0.6) is 23.0 Å². The van der Waals surface area contributed by atoms with Gasteiger partial charge in [0.15, 0.2) is 0 Å². The minimum Gasteiger partial charge on any atom is -0.497 e. The highest BCUT2D eigenvalue weighted by Crippen LogP contribution is 2.38. The van der Waals surface area contributed by atoms with Gasteiger partial charge in [-0.05, 0) is 54.1 Å². The van der Waals surface area contributed by atoms with Gasteiger partial charge in [0.1, 0.15) is 35.3 Å². The molecular weight excluding hydrogens is 446 g/mol. The smallest absolute Gasteiger partial charge is 0.270 e. The maximum absolute atomic E-state index is 12.8. The number of imidazole rings is 1. The van der Waals surface area contributed by atoms with Gasteiger partial charge in [-0.25, -0.2) is 4.98 Å². The molecule has 0 saturated carbocycles. The van der Waals surface area contributed by atoms with Crippen LogP contribution >= 0.6 is 0 Å². The molecule has 1 N–H and O–H groups in total. The molecule has 0 atom stereocenters. The van der Waals surface area contributed by atoms with Gasteiger partial charge in [-0.3, -0.25) is 9.36 Å². The zero-order chi connectivity index (χ0) is 24.6. The average molecular weight is 474 g/mol. The molecule has 4 aromatic rings. The van der Waals surface area contributed by atoms with Crippen molar-refractivity contribution in [2.24, 2.45) is 0 Å². The summed E-state index contributed by atoms with van der Waals surface area (Å²) < 4.78 is 23.6. The molecule has 1 aromatic heterocycles. The summed E-state index contributed by atoms with van der Waals surface area (Å²) in [7, 11) is 4.87. The predicted molar refractivity (Wildman–Crippen MR) is 133 cm³/mol. The van der Waals surface area contributed by atoms with E-state index in [1.165, 1.54) is 6.20 Å². The van der Waals surface area contributed by atoms with E-state index in [4.69, 9.17) is 18.9 Å². The first-order valence-corrected chi connectivity index (χ1v) is 11.0. The van der Waals surface area contributed by atoms with E-state index >= 15 is 0 Å². The zero-order valence-corrected chi connectivity index (χ0v) is 19.9. The number of methoxy groups -OCH3 is 3. The van der Waals surface area contributed by atoms with Gasteiger partial charge < -0.3 is 24.3 Å². The van der Waals surface area contributed by atoms with Crippen LogP contribution in [0.4, 0.5) is 0 Å². The van der Waals surface area contributed by atoms with Crippen molar-refractivity contribution in [1.29, 1.82) is 0 Å². The number of hydrogen-bond donors (Lipinski definition) is 1. The summed E-state index contributed by atoms with van der Waals surface area (Å²) >= 11 is 0. The van der Waals surface area contributed by atoms with E-state index in [0.29, 0.717) is 24.6 Å². The Bertz CT molecular complexity index is 1240. The van der Waals surface area contributed by atoms with Gasteiger partial charge >= 0.3 is 0 Å². The number of carbonyl (C=O) groups excluding carboxylic acids is 1. The maximum atomic E-state index is 12.8. The third-order valence-corrected chi connectivity index (χ3v) is 5.45. The fourth-order valence-electron chi connectivity index (χ4n) is 3.69. The summed E-state index contributed by atoms with van der Waals surface area (Å²) in [6.45, 7) is 0.685. The lowest BCUT2D eigenvalue weighted by molar-refractivity contribution is 0.0940. The maximum Gasteiger partial charge on any atom is 0.270 e. The van der Waals surface area contributed by atoms with Gasteiger partial charge in [-0.1, -0.05) is 18.2 Å². The number of rotatable bonds is 10. The summed E-state index contributed by atoms with van der Waals surface area (Å²) in [5.74, 6) is 2.66. The second-order valence-corrected chi connectivity index (χ2v) is 7.51. The molecule has 8 heteroatoms. The van der Waals surface area contributed by atoms with E-state index < -0.39 is 0 Å². The molecule has 0 spiro atoms. The molecule has 4 rings (SSSR count). The molecule has 1 amide bonds. The molecule has 1 heterocycles. The van der Waals surface area contributed by atoms with Gasteiger partial charge in [0, 0.05) is 5.69 Å². The molecule has 0 bridgehead atoms. The van der Waals surface area contributed by atoms with Crippen molar-refractivity contribution in [3.63, 3.8) is 0 Å². The minimum atomic E-state index is -0.240. The number of hydrogen-bond acceptors (Lipinski definition) is 6. The third kappa shape index (κ3) is 5.38. The lowest BCUT2D eigenvalue weighted by Gasteiger charge is -2.14. The largest absolute Gasteiger partial charge is 0.497 e. The lowest BCUT2D eigenvalue weighted by atomic mass is 10.0. The van der Waals surface area contributed by atoms with E-state index in [2.05, 4.69) is 10.3 Å². The fourth-order valence-corrected chi connectivity index (χ4v) is 3.69. The monoisotopic (exact) mass is 473 g/mol. The highest BCUT2D eigenvalue weighted by atomic mass is 16.5. The lowest BCUT2D eigenvalue weighted by Crippen LogP contribution is -2.29. The molecule has 35 heavy (non-hydrogen) atoms. The number of aromatic nitrogens is 2. The molecule has 0 saturated heterocycles. The molecule has 0 radical (unpaired) electrons. The van der Waals surface area contributed by atoms with Crippen LogP contribution in [0, 0.1) is 0 Å². The van der Waals surface area contributed by atoms with Crippen molar-refractivity contribution in [2.45, 2.75) is 0 Å². The van der Waals surface area contributed by atoms with Crippen molar-refractivity contribution in [1.82, 2.24) is 14.9 Å². The summed E-state index contributed by atoms with van der Waals surface area (Å²) in [5.41, 5.74) is 3.03. The normalized spacial score (nSPS) is 10.5. The van der Waals surface area contributed by atoms with Crippen LogP contribution in [0.3, 0.4) is 0 Å². The first-order valence-electron chi connectivity index (χ1n) is 11.0. The average Bonchev–Trinajstić information content (AvgIpc) is 3.41. The molecule has 8 nitrogen and oxygen atoms in total. The van der Waals surface area contributed by atoms with E-state index in [-0.39, 0.29) is 5.91 Å². The molecule has 0 aliphatic carbocycles. The number of amides is 1. The van der Waals surface area contributed by atoms with E-state index in [1.54, 1.807) is 32.2 Å². The number of nitrogens with zero attached hydrogens (tertiary/aromatic N) is 2. The molecule has 0 aliphatic heterocycles. The van der Waals surface area contributed by atoms with Crippen LogP contribution in [0.2, 0.25) is 0 Å². The highest BCUT2D eigenvalue weighted by molar-refractivity contribution is 5.93. The van der Waals surface area contributed by atoms with Crippen molar-refractivity contribution in [2.75, 3.05) is 34.5 Å². The van der Waals surface area contributed by atoms with Crippen molar-refractivity contribution in [3.8, 4) is 39.8 Å². The minimum absolute atomic E-state index is 0.240. The van der Waals surface area contributed by atoms with Crippen LogP contribution in [0.1, 0.15) is 10.5 Å². The standard InChI is InChI=1S/C27H27N3O5/c1-32-21-11-13-22(14-12-21)35-16-15-29-27(31)23-17-28-18-30(23)20-9-7-19(8-10-20)26-24(33-2)5-4-6-25(26)34-3/h4-14,17-18H,15-16H2,1-3H3,(H,29,31). The Balaban J connectivity index is 1.42. The van der Waals surface area contributed by atoms with Crippen molar-refractivity contribution in [3.05, 3.63) is 84.9 Å². The zero-order valence-electron chi connectivity index (χ0n) is 19.9. The number of ether oxygens (including phenoxy) is 4. The van der Waals surface area contributed by atoms with E-state index in [1.807, 2.05) is 66.7 Å². The Labute approximate surface area is 204 Å². The quantitative estimate of drug-likeness (QED) is 0.344. The van der Waals surface area contributed by atoms with Gasteiger partial charge in [-0.2, -0.15) is 0 Å². The number of carbonyl (C=O) groups is 1. The number of nitrogens with one attached hydrogen (secondary N) is 1. The molecule has 0 unspecified atom stereocenters. The fraction of sp³-hybridized carbons (Fsp3) is 0.185. The van der Waals surface area contributed by atoms with Gasteiger partial charge in [-0.15, -0.1) is 0 Å². The second kappa shape index (κ2) is 11.1. The summed E-state index contributed by atoms with van der Waals surface area (Å²) in [6.07, 6.45) is 3.15. The first-order chi connectivity index (χ1) is 17.1. The van der Waals surface area contributed by atoms with E-state index in [0.717, 1.165) is 34.1 Å². The molecule has 3 aromatic carbocycles. The van der Waals surface area contributed by atoms with Crippen LogP contribution in [0.25, 0.3) is 16.8 Å². The van der Waals surface area contributed by atoms with Gasteiger partial charge in [0.05, 0.1) is 46.0 Å². The Kier molecular flexibility index (Phi) is 7.52. The Hall–Kier alpha value is -4.46. The van der Waals surface area contributed by atoms with Crippen LogP contribution in [0.15, 0.2) is 79.3 Å². The van der Waals surface area contributed by atoms with Crippen molar-refractivity contribution >= 4 is 5.91 Å². The van der Waals surface area contributed by atoms with Gasteiger partial charge in [0.2, 0.25) is 0 Å². The second-order valence-electron chi connectivity index (χ2n) is 7.51. The summed E-state index contributed by atoms with van der Waals surface area (Å²) in [6, 6.07) is 20.7. The van der Waals surface area contributed by atoms with Crippen LogP contribution in [-0.2, 0) is 0 Å². The Morgan fingerprint density at radius 2 is 1.51 bits per heavy atom.